The van der Waals surface area contributed by atoms with Gasteiger partial charge in [0, 0.05) is 42.8 Å². The minimum Gasteiger partial charge on any atom is -0.366 e. The minimum atomic E-state index is -0.522. The molecule has 1 aliphatic rings. The smallest absolute Gasteiger partial charge is 0.257 e. The predicted molar refractivity (Wildman–Crippen MR) is 146 cm³/mol. The van der Waals surface area contributed by atoms with E-state index < -0.39 is 11.7 Å². The van der Waals surface area contributed by atoms with E-state index in [1.807, 2.05) is 47.4 Å². The lowest BCUT2D eigenvalue weighted by atomic mass is 10.2. The maximum absolute atomic E-state index is 13.4. The molecule has 1 aliphatic heterocycles. The van der Waals surface area contributed by atoms with Gasteiger partial charge in [-0.15, -0.1) is 0 Å². The summed E-state index contributed by atoms with van der Waals surface area (Å²) in [6.07, 6.45) is 3.41. The number of carbonyl (C=O) groups excluding carboxylic acids is 2. The van der Waals surface area contributed by atoms with E-state index in [9.17, 15) is 14.0 Å². The first-order valence-corrected chi connectivity index (χ1v) is 12.1. The molecule has 0 spiro atoms. The maximum Gasteiger partial charge on any atom is 0.257 e. The van der Waals surface area contributed by atoms with Crippen molar-refractivity contribution in [3.8, 4) is 0 Å². The number of rotatable bonds is 5. The number of thiocarbonyl (C=S) groups is 1. The average molecular weight is 523 g/mol. The molecule has 0 atom stereocenters. The van der Waals surface area contributed by atoms with Gasteiger partial charge in [0.2, 0.25) is 5.91 Å². The van der Waals surface area contributed by atoms with E-state index >= 15 is 0 Å². The molecule has 6 nitrogen and oxygen atoms in total. The molecule has 1 heterocycles. The van der Waals surface area contributed by atoms with Gasteiger partial charge in [0.15, 0.2) is 5.11 Å². The number of piperazine rings is 1. The van der Waals surface area contributed by atoms with Gasteiger partial charge in [-0.25, -0.2) is 4.39 Å². The molecule has 2 N–H and O–H groups in total. The summed E-state index contributed by atoms with van der Waals surface area (Å²) in [5.74, 6) is -1.06. The van der Waals surface area contributed by atoms with Crippen LogP contribution in [0.5, 0.6) is 0 Å². The van der Waals surface area contributed by atoms with Gasteiger partial charge >= 0.3 is 0 Å². The molecule has 0 bridgehead atoms. The van der Waals surface area contributed by atoms with E-state index in [1.54, 1.807) is 18.2 Å². The number of carbonyl (C=O) groups is 2. The molecule has 0 unspecified atom stereocenters. The summed E-state index contributed by atoms with van der Waals surface area (Å²) >= 11 is 11.5. The second kappa shape index (κ2) is 11.8. The number of nitrogens with one attached hydrogen (secondary N) is 2. The lowest BCUT2D eigenvalue weighted by Gasteiger charge is -2.36. The minimum absolute atomic E-state index is 0.0332. The first kappa shape index (κ1) is 25.3. The summed E-state index contributed by atoms with van der Waals surface area (Å²) in [6.45, 7) is 2.34. The highest BCUT2D eigenvalue weighted by Crippen LogP contribution is 2.30. The van der Waals surface area contributed by atoms with Crippen LogP contribution >= 0.6 is 23.8 Å². The van der Waals surface area contributed by atoms with Gasteiger partial charge in [-0.3, -0.25) is 14.9 Å². The lowest BCUT2D eigenvalue weighted by molar-refractivity contribution is -0.126. The molecule has 2 amide bonds. The fourth-order valence-electron chi connectivity index (χ4n) is 3.85. The van der Waals surface area contributed by atoms with E-state index in [2.05, 4.69) is 15.5 Å². The van der Waals surface area contributed by atoms with Crippen LogP contribution in [-0.2, 0) is 4.79 Å². The third-order valence-electron chi connectivity index (χ3n) is 5.67. The third-order valence-corrected chi connectivity index (χ3v) is 6.11. The zero-order chi connectivity index (χ0) is 25.5. The van der Waals surface area contributed by atoms with Gasteiger partial charge in [0.05, 0.1) is 11.4 Å². The summed E-state index contributed by atoms with van der Waals surface area (Å²) in [5.41, 5.74) is 2.60. The van der Waals surface area contributed by atoms with Gasteiger partial charge in [0.1, 0.15) is 5.82 Å². The molecule has 1 fully saturated rings. The van der Waals surface area contributed by atoms with Crippen LogP contribution in [0.15, 0.2) is 78.9 Å². The van der Waals surface area contributed by atoms with Crippen molar-refractivity contribution in [2.45, 2.75) is 0 Å². The molecule has 36 heavy (non-hydrogen) atoms. The molecular weight excluding hydrogens is 499 g/mol. The zero-order valence-electron chi connectivity index (χ0n) is 19.3. The SMILES string of the molecule is O=C(NC(=S)Nc1cc(Cl)ccc1N1CCN(C(=O)/C=C/c2ccccc2)CC1)c1cccc(F)c1. The topological polar surface area (TPSA) is 64.7 Å². The Morgan fingerprint density at radius 2 is 1.69 bits per heavy atom. The molecule has 0 saturated carbocycles. The van der Waals surface area contributed by atoms with Crippen molar-refractivity contribution >= 4 is 58.2 Å². The number of hydrogen-bond donors (Lipinski definition) is 2. The Hall–Kier alpha value is -3.75. The highest BCUT2D eigenvalue weighted by Gasteiger charge is 2.22. The van der Waals surface area contributed by atoms with Crippen LogP contribution in [0.1, 0.15) is 15.9 Å². The van der Waals surface area contributed by atoms with Crippen molar-refractivity contribution in [3.05, 3.63) is 101 Å². The Morgan fingerprint density at radius 3 is 2.42 bits per heavy atom. The van der Waals surface area contributed by atoms with Crippen LogP contribution in [0.2, 0.25) is 5.02 Å². The molecule has 0 radical (unpaired) electrons. The van der Waals surface area contributed by atoms with Gasteiger partial charge in [-0.1, -0.05) is 48.0 Å². The highest BCUT2D eigenvalue weighted by atomic mass is 35.5. The van der Waals surface area contributed by atoms with Crippen molar-refractivity contribution in [2.75, 3.05) is 36.4 Å². The summed E-state index contributed by atoms with van der Waals surface area (Å²) in [4.78, 5) is 29.0. The van der Waals surface area contributed by atoms with Crippen molar-refractivity contribution < 1.29 is 14.0 Å². The zero-order valence-corrected chi connectivity index (χ0v) is 20.9. The summed E-state index contributed by atoms with van der Waals surface area (Å²) < 4.78 is 13.4. The Bertz CT molecular complexity index is 1290. The molecule has 9 heteroatoms. The van der Waals surface area contributed by atoms with E-state index in [-0.39, 0.29) is 16.6 Å². The van der Waals surface area contributed by atoms with Crippen molar-refractivity contribution in [2.24, 2.45) is 0 Å². The molecule has 0 aromatic heterocycles. The summed E-state index contributed by atoms with van der Waals surface area (Å²) in [5, 5.41) is 6.15. The van der Waals surface area contributed by atoms with Crippen LogP contribution in [0.25, 0.3) is 6.08 Å². The van der Waals surface area contributed by atoms with Crippen molar-refractivity contribution in [1.82, 2.24) is 10.2 Å². The van der Waals surface area contributed by atoms with E-state index in [0.717, 1.165) is 17.3 Å². The average Bonchev–Trinajstić information content (AvgIpc) is 2.88. The van der Waals surface area contributed by atoms with Crippen LogP contribution in [0.4, 0.5) is 15.8 Å². The van der Waals surface area contributed by atoms with E-state index in [0.29, 0.717) is 36.9 Å². The number of nitrogens with zero attached hydrogens (tertiary/aromatic N) is 2. The molecular formula is C27H24ClFN4O2S. The summed E-state index contributed by atoms with van der Waals surface area (Å²) in [7, 11) is 0. The second-order valence-corrected chi connectivity index (χ2v) is 8.98. The van der Waals surface area contributed by atoms with Crippen LogP contribution in [0.3, 0.4) is 0 Å². The number of benzene rings is 3. The maximum atomic E-state index is 13.4. The predicted octanol–water partition coefficient (Wildman–Crippen LogP) is 4.97. The molecule has 4 rings (SSSR count). The number of anilines is 2. The molecule has 0 aliphatic carbocycles. The first-order valence-electron chi connectivity index (χ1n) is 11.3. The van der Waals surface area contributed by atoms with E-state index in [1.165, 1.54) is 18.2 Å². The number of hydrogen-bond acceptors (Lipinski definition) is 4. The number of halogens is 2. The van der Waals surface area contributed by atoms with Gasteiger partial charge in [0.25, 0.3) is 5.91 Å². The van der Waals surface area contributed by atoms with Gasteiger partial charge < -0.3 is 15.1 Å². The molecule has 3 aromatic rings. The van der Waals surface area contributed by atoms with Crippen LogP contribution < -0.4 is 15.5 Å². The third kappa shape index (κ3) is 6.68. The summed E-state index contributed by atoms with van der Waals surface area (Å²) in [6, 6.07) is 20.4. The molecule has 184 valence electrons. The largest absolute Gasteiger partial charge is 0.366 e. The van der Waals surface area contributed by atoms with Crippen LogP contribution in [-0.4, -0.2) is 48.0 Å². The standard InChI is InChI=1S/C27H24ClFN4O2S/c28-21-10-11-24(23(18-21)30-27(36)31-26(35)20-7-4-8-22(29)17-20)32-13-15-33(16-14-32)25(34)12-9-19-5-2-1-3-6-19/h1-12,17-18H,13-16H2,(H2,30,31,35,36)/b12-9+. The van der Waals surface area contributed by atoms with Gasteiger partial charge in [-0.05, 0) is 60.3 Å². The molecule has 1 saturated heterocycles. The Kier molecular flexibility index (Phi) is 8.30. The Morgan fingerprint density at radius 1 is 0.944 bits per heavy atom. The fourth-order valence-corrected chi connectivity index (χ4v) is 4.22. The first-order chi connectivity index (χ1) is 17.4. The monoisotopic (exact) mass is 522 g/mol. The Balaban J connectivity index is 1.38. The quantitative estimate of drug-likeness (QED) is 0.366. The second-order valence-electron chi connectivity index (χ2n) is 8.14. The van der Waals surface area contributed by atoms with Crippen LogP contribution in [0, 0.1) is 5.82 Å². The van der Waals surface area contributed by atoms with E-state index in [4.69, 9.17) is 23.8 Å². The van der Waals surface area contributed by atoms with Crippen molar-refractivity contribution in [1.29, 1.82) is 0 Å². The highest BCUT2D eigenvalue weighted by molar-refractivity contribution is 7.80. The van der Waals surface area contributed by atoms with Gasteiger partial charge in [-0.2, -0.15) is 0 Å². The normalized spacial score (nSPS) is 13.5. The molecule has 3 aromatic carbocycles. The fraction of sp³-hybridized carbons (Fsp3) is 0.148. The number of amides is 2. The Labute approximate surface area is 219 Å². The lowest BCUT2D eigenvalue weighted by Crippen LogP contribution is -2.48. The van der Waals surface area contributed by atoms with Crippen molar-refractivity contribution in [3.63, 3.8) is 0 Å².